The number of benzene rings is 9. The number of fused-ring (bicyclic) bond motifs is 3. The zero-order valence-electron chi connectivity index (χ0n) is 50.6. The summed E-state index contributed by atoms with van der Waals surface area (Å²) in [4.78, 5) is 15.1. The van der Waals surface area contributed by atoms with Crippen LogP contribution in [-0.2, 0) is 22.5 Å². The molecule has 0 fully saturated rings. The maximum absolute atomic E-state index is 8.41. The van der Waals surface area contributed by atoms with Crippen molar-refractivity contribution < 1.29 is 22.5 Å². The van der Waals surface area contributed by atoms with E-state index in [-0.39, 0.29) is 0 Å². The van der Waals surface area contributed by atoms with E-state index in [9.17, 15) is 0 Å². The van der Waals surface area contributed by atoms with Gasteiger partial charge in [-0.05, 0) is 105 Å². The van der Waals surface area contributed by atoms with Crippen molar-refractivity contribution in [3.05, 3.63) is 252 Å². The Morgan fingerprint density at radius 2 is 0.452 bits per heavy atom. The molecule has 8 nitrogen and oxygen atoms in total. The molecule has 0 saturated carbocycles. The van der Waals surface area contributed by atoms with E-state index in [0.29, 0.717) is 35.5 Å². The Morgan fingerprint density at radius 3 is 0.655 bits per heavy atom. The maximum atomic E-state index is 8.41. The van der Waals surface area contributed by atoms with Gasteiger partial charge in [-0.2, -0.15) is 0 Å². The summed E-state index contributed by atoms with van der Waals surface area (Å²) in [5.74, 6) is 5.62. The zero-order valence-corrected chi connectivity index (χ0v) is 51.8. The molecule has 0 spiro atoms. The van der Waals surface area contributed by atoms with Crippen LogP contribution in [0.3, 0.4) is 0 Å². The van der Waals surface area contributed by atoms with Crippen LogP contribution in [0.4, 0.5) is 0 Å². The number of imidazole rings is 3. The van der Waals surface area contributed by atoms with Gasteiger partial charge in [0.15, 0.2) is 0 Å². The Kier molecular flexibility index (Phi) is 19.5. The molecule has 3 heterocycles. The first-order chi connectivity index (χ1) is 40.6. The molecule has 9 aromatic carbocycles. The summed E-state index contributed by atoms with van der Waals surface area (Å²) < 4.78 is 23.9. The van der Waals surface area contributed by atoms with Crippen LogP contribution < -0.4 is 0 Å². The van der Waals surface area contributed by atoms with E-state index in [1.807, 2.05) is 0 Å². The van der Waals surface area contributed by atoms with Gasteiger partial charge in [0.1, 0.15) is 17.5 Å². The van der Waals surface area contributed by atoms with Crippen molar-refractivity contribution in [2.75, 3.05) is 0 Å². The Morgan fingerprint density at radius 1 is 0.262 bits per heavy atom. The minimum absolute atomic E-state index is 0.434. The third-order valence-corrected chi connectivity index (χ3v) is 15.5. The molecule has 0 radical (unpaired) electrons. The van der Waals surface area contributed by atoms with Crippen molar-refractivity contribution in [2.24, 2.45) is 0 Å². The van der Waals surface area contributed by atoms with E-state index in [1.165, 1.54) is 50.4 Å². The third kappa shape index (κ3) is 12.7. The van der Waals surface area contributed by atoms with Crippen molar-refractivity contribution in [1.29, 1.82) is 0 Å². The predicted octanol–water partition coefficient (Wildman–Crippen LogP) is 20.6. The van der Waals surface area contributed by atoms with Gasteiger partial charge in [-0.1, -0.05) is 265 Å². The second kappa shape index (κ2) is 27.3. The van der Waals surface area contributed by atoms with E-state index in [0.717, 1.165) is 67.3 Å². The Balaban J connectivity index is 0.000000148. The Labute approximate surface area is 502 Å². The van der Waals surface area contributed by atoms with Crippen molar-refractivity contribution in [3.8, 4) is 51.2 Å². The van der Waals surface area contributed by atoms with E-state index >= 15 is 0 Å². The molecule has 0 atom stereocenters. The molecule has 84 heavy (non-hydrogen) atoms. The summed E-state index contributed by atoms with van der Waals surface area (Å²) in [7, 11) is 0. The van der Waals surface area contributed by atoms with Gasteiger partial charge in [-0.15, -0.1) is 0 Å². The summed E-state index contributed by atoms with van der Waals surface area (Å²) in [6.45, 7) is 27.2. The van der Waals surface area contributed by atoms with Crippen LogP contribution in [0.2, 0.25) is 0 Å². The Hall–Kier alpha value is -8.49. The number of hydrogen-bond donors (Lipinski definition) is 0. The molecule has 3 aromatic heterocycles. The third-order valence-electron chi connectivity index (χ3n) is 15.5. The summed E-state index contributed by atoms with van der Waals surface area (Å²) >= 11 is -1.44. The van der Waals surface area contributed by atoms with E-state index in [2.05, 4.69) is 315 Å². The summed E-state index contributed by atoms with van der Waals surface area (Å²) in [6.07, 6.45) is 0. The molecule has 0 aliphatic heterocycles. The first-order valence-electron chi connectivity index (χ1n) is 29.5. The van der Waals surface area contributed by atoms with Crippen molar-refractivity contribution >= 4 is 33.1 Å². The normalized spacial score (nSPS) is 11.4. The second-order valence-electron chi connectivity index (χ2n) is 23.2. The van der Waals surface area contributed by atoms with E-state index in [1.54, 1.807) is 0 Å². The van der Waals surface area contributed by atoms with E-state index in [4.69, 9.17) is 22.6 Å². The molecular formula is C75H78MnN6O2. The number of rotatable bonds is 12. The summed E-state index contributed by atoms with van der Waals surface area (Å²) in [5, 5.41) is 0. The minimum atomic E-state index is -1.44. The van der Waals surface area contributed by atoms with Crippen LogP contribution in [-0.4, -0.2) is 28.7 Å². The standard InChI is InChI=1S/3C25H26N2.Mn.2O/c3*1-17(2)20-13-10-14-21(18(3)4)24(20)27-23-16-9-8-15-22(23)26-25(27)19-11-6-5-7-12-19;;;/h3*5-18H,1-4H3;;;. The van der Waals surface area contributed by atoms with Crippen molar-refractivity contribution in [2.45, 2.75) is 119 Å². The van der Waals surface area contributed by atoms with Gasteiger partial charge < -0.3 is 0 Å². The van der Waals surface area contributed by atoms with Crippen LogP contribution in [0.5, 0.6) is 0 Å². The molecule has 0 amide bonds. The number of nitrogens with zero attached hydrogens (tertiary/aromatic N) is 6. The molecule has 12 rings (SSSR count). The molecular weight excluding hydrogens is 1070 g/mol. The zero-order chi connectivity index (χ0) is 59.6. The molecule has 0 bridgehead atoms. The van der Waals surface area contributed by atoms with Gasteiger partial charge in [-0.3, -0.25) is 13.7 Å². The molecule has 427 valence electrons. The van der Waals surface area contributed by atoms with Crippen molar-refractivity contribution in [3.63, 3.8) is 0 Å². The summed E-state index contributed by atoms with van der Waals surface area (Å²) in [5.41, 5.74) is 22.0. The van der Waals surface area contributed by atoms with Crippen molar-refractivity contribution in [1.82, 2.24) is 28.7 Å². The van der Waals surface area contributed by atoms with Gasteiger partial charge in [0.2, 0.25) is 0 Å². The van der Waals surface area contributed by atoms with Gasteiger partial charge in [-0.25, -0.2) is 15.0 Å². The van der Waals surface area contributed by atoms with Crippen LogP contribution in [0.15, 0.2) is 218 Å². The SMILES string of the molecule is CC(C)c1cccc(C(C)C)c1-n1c(-c2ccccc2)nc2ccccc21.CC(C)c1cccc(C(C)C)c1-n1c(-c2ccccc2)nc2ccccc21.CC(C)c1cccc(C(C)C)c1-n1c(-c2ccccc2)nc2ccccc21.[O]=[Mn]=[O]. The molecule has 12 aromatic rings. The van der Waals surface area contributed by atoms with E-state index < -0.39 is 14.8 Å². The van der Waals surface area contributed by atoms with Gasteiger partial charge >= 0.3 is 22.5 Å². The first-order valence-corrected chi connectivity index (χ1v) is 30.5. The second-order valence-corrected chi connectivity index (χ2v) is 23.4. The number of hydrogen-bond acceptors (Lipinski definition) is 5. The molecule has 0 aliphatic rings. The molecule has 0 aliphatic carbocycles. The van der Waals surface area contributed by atoms with Gasteiger partial charge in [0, 0.05) is 16.7 Å². The fraction of sp³-hybridized carbons (Fsp3) is 0.240. The average molecular weight is 1150 g/mol. The number of para-hydroxylation sites is 9. The fourth-order valence-corrected chi connectivity index (χ4v) is 11.4. The fourth-order valence-electron chi connectivity index (χ4n) is 11.4. The Bertz CT molecular complexity index is 3680. The topological polar surface area (TPSA) is 87.6 Å². The van der Waals surface area contributed by atoms with Crippen LogP contribution in [0, 0.1) is 0 Å². The van der Waals surface area contributed by atoms with Crippen LogP contribution in [0.25, 0.3) is 84.3 Å². The van der Waals surface area contributed by atoms with Crippen LogP contribution >= 0.6 is 0 Å². The number of aromatic nitrogens is 6. The average Bonchev–Trinajstić information content (AvgIpc) is 2.26. The first kappa shape index (κ1) is 60.1. The molecule has 9 heteroatoms. The van der Waals surface area contributed by atoms with Crippen LogP contribution in [0.1, 0.15) is 152 Å². The molecule has 0 unspecified atom stereocenters. The monoisotopic (exact) mass is 1150 g/mol. The summed E-state index contributed by atoms with van der Waals surface area (Å²) in [6, 6.07) is 76.9. The quantitative estimate of drug-likeness (QED) is 0.114. The predicted molar refractivity (Wildman–Crippen MR) is 345 cm³/mol. The van der Waals surface area contributed by atoms with Gasteiger partial charge in [0.05, 0.1) is 50.2 Å². The molecule has 0 saturated heterocycles. The molecule has 0 N–H and O–H groups in total. The van der Waals surface area contributed by atoms with Gasteiger partial charge in [0.25, 0.3) is 0 Å².